The summed E-state index contributed by atoms with van der Waals surface area (Å²) in [6.45, 7) is 4.41. The minimum atomic E-state index is 0.106. The number of allylic oxidation sites excluding steroid dienone is 2. The first-order chi connectivity index (χ1) is 17.0. The fraction of sp³-hybridized carbons (Fsp3) is 0.156. The van der Waals surface area contributed by atoms with Crippen LogP contribution >= 0.6 is 31.9 Å². The molecule has 0 bridgehead atoms. The molecule has 0 spiro atoms. The van der Waals surface area contributed by atoms with Crippen LogP contribution in [0.5, 0.6) is 0 Å². The maximum atomic E-state index is 13.0. The normalized spacial score (nSPS) is 15.7. The summed E-state index contributed by atoms with van der Waals surface area (Å²) in [5, 5.41) is 0. The van der Waals surface area contributed by atoms with Crippen molar-refractivity contribution in [2.45, 2.75) is 32.6 Å². The molecule has 0 radical (unpaired) electrons. The van der Waals surface area contributed by atoms with E-state index in [2.05, 4.69) is 112 Å². The molecule has 4 aromatic rings. The lowest BCUT2D eigenvalue weighted by Crippen LogP contribution is -2.15. The van der Waals surface area contributed by atoms with E-state index in [0.29, 0.717) is 6.42 Å². The van der Waals surface area contributed by atoms with Crippen molar-refractivity contribution >= 4 is 43.2 Å². The Kier molecular flexibility index (Phi) is 6.91. The van der Waals surface area contributed by atoms with Crippen molar-refractivity contribution in [2.24, 2.45) is 0 Å². The van der Waals surface area contributed by atoms with Crippen molar-refractivity contribution in [1.82, 2.24) is 0 Å². The minimum Gasteiger partial charge on any atom is -0.295 e. The summed E-state index contributed by atoms with van der Waals surface area (Å²) in [6, 6.07) is 29.4. The van der Waals surface area contributed by atoms with E-state index in [9.17, 15) is 4.79 Å². The molecule has 0 N–H and O–H groups in total. The Morgan fingerprint density at radius 1 is 0.686 bits per heavy atom. The standard InChI is InChI=1S/C32H26Br2O/c1-20-29(22-11-5-3-6-12-22)30(23-13-7-4-8-14-23)21(2)32(34)31(20)25-17-24(18-26(35)19-25)27-15-9-10-16-28(27)33/h3-16,18,25H,17,19H2,1-2H3. The Labute approximate surface area is 224 Å². The lowest BCUT2D eigenvalue weighted by Gasteiger charge is -2.29. The molecule has 0 amide bonds. The number of rotatable bonds is 4. The van der Waals surface area contributed by atoms with Gasteiger partial charge in [-0.3, -0.25) is 4.79 Å². The Morgan fingerprint density at radius 3 is 1.83 bits per heavy atom. The zero-order valence-electron chi connectivity index (χ0n) is 19.8. The first-order valence-corrected chi connectivity index (χ1v) is 13.5. The molecule has 4 aromatic carbocycles. The van der Waals surface area contributed by atoms with E-state index in [0.717, 1.165) is 26.5 Å². The molecule has 1 atom stereocenters. The first-order valence-electron chi connectivity index (χ1n) is 11.9. The van der Waals surface area contributed by atoms with Gasteiger partial charge in [-0.05, 0) is 88.4 Å². The molecule has 174 valence electrons. The van der Waals surface area contributed by atoms with Crippen molar-refractivity contribution in [3.05, 3.63) is 122 Å². The van der Waals surface area contributed by atoms with E-state index in [1.165, 1.54) is 38.9 Å². The Balaban J connectivity index is 1.71. The number of halogens is 2. The fourth-order valence-corrected chi connectivity index (χ4v) is 6.77. The summed E-state index contributed by atoms with van der Waals surface area (Å²) in [7, 11) is 0. The third-order valence-corrected chi connectivity index (χ3v) is 8.69. The quantitative estimate of drug-likeness (QED) is 0.233. The molecule has 1 aliphatic rings. The Hall–Kier alpha value is -2.75. The molecule has 1 nitrogen and oxygen atoms in total. The van der Waals surface area contributed by atoms with Gasteiger partial charge in [0.25, 0.3) is 0 Å². The van der Waals surface area contributed by atoms with Crippen LogP contribution in [0.4, 0.5) is 0 Å². The lowest BCUT2D eigenvalue weighted by atomic mass is 9.76. The van der Waals surface area contributed by atoms with E-state index >= 15 is 0 Å². The van der Waals surface area contributed by atoms with E-state index in [1.807, 2.05) is 24.3 Å². The van der Waals surface area contributed by atoms with E-state index in [1.54, 1.807) is 0 Å². The average molecular weight is 586 g/mol. The van der Waals surface area contributed by atoms with Crippen LogP contribution in [0.3, 0.4) is 0 Å². The fourth-order valence-electron chi connectivity index (χ4n) is 5.41. The van der Waals surface area contributed by atoms with Gasteiger partial charge in [0.1, 0.15) is 0 Å². The largest absolute Gasteiger partial charge is 0.295 e. The highest BCUT2D eigenvalue weighted by atomic mass is 79.9. The van der Waals surface area contributed by atoms with Gasteiger partial charge in [0.15, 0.2) is 5.78 Å². The highest BCUT2D eigenvalue weighted by Gasteiger charge is 2.30. The molecule has 0 fully saturated rings. The first kappa shape index (κ1) is 24.0. The van der Waals surface area contributed by atoms with Crippen molar-refractivity contribution < 1.29 is 4.79 Å². The third kappa shape index (κ3) is 4.60. The van der Waals surface area contributed by atoms with Crippen LogP contribution in [0.25, 0.3) is 27.8 Å². The Morgan fingerprint density at radius 2 is 1.23 bits per heavy atom. The number of hydrogen-bond donors (Lipinski definition) is 0. The van der Waals surface area contributed by atoms with Gasteiger partial charge in [-0.15, -0.1) is 0 Å². The topological polar surface area (TPSA) is 17.1 Å². The van der Waals surface area contributed by atoms with Crippen LogP contribution in [0, 0.1) is 13.8 Å². The summed E-state index contributed by atoms with van der Waals surface area (Å²) in [5.41, 5.74) is 10.8. The molecule has 0 saturated carbocycles. The van der Waals surface area contributed by atoms with Gasteiger partial charge in [0, 0.05) is 15.4 Å². The molecule has 5 rings (SSSR count). The Bertz CT molecular complexity index is 1440. The highest BCUT2D eigenvalue weighted by molar-refractivity contribution is 9.10. The summed E-state index contributed by atoms with van der Waals surface area (Å²) >= 11 is 7.68. The van der Waals surface area contributed by atoms with Gasteiger partial charge < -0.3 is 0 Å². The number of carbonyl (C=O) groups is 1. The summed E-state index contributed by atoms with van der Waals surface area (Å²) in [6.07, 6.45) is 3.18. The molecule has 35 heavy (non-hydrogen) atoms. The monoisotopic (exact) mass is 584 g/mol. The molecule has 0 aromatic heterocycles. The van der Waals surface area contributed by atoms with Crippen molar-refractivity contribution in [2.75, 3.05) is 0 Å². The molecule has 0 saturated heterocycles. The maximum Gasteiger partial charge on any atom is 0.156 e. The van der Waals surface area contributed by atoms with Crippen molar-refractivity contribution in [1.29, 1.82) is 0 Å². The second-order valence-corrected chi connectivity index (χ2v) is 10.8. The van der Waals surface area contributed by atoms with Crippen molar-refractivity contribution in [3.8, 4) is 22.3 Å². The van der Waals surface area contributed by atoms with E-state index < -0.39 is 0 Å². The minimum absolute atomic E-state index is 0.106. The molecule has 1 unspecified atom stereocenters. The van der Waals surface area contributed by atoms with Crippen LogP contribution in [0.1, 0.15) is 41.0 Å². The number of hydrogen-bond acceptors (Lipinski definition) is 1. The van der Waals surface area contributed by atoms with Crippen LogP contribution in [-0.4, -0.2) is 5.78 Å². The highest BCUT2D eigenvalue weighted by Crippen LogP contribution is 2.48. The zero-order valence-corrected chi connectivity index (χ0v) is 23.0. The SMILES string of the molecule is Cc1c(Br)c(C2CC(=O)C=C(c3ccccc3Br)C2)c(C)c(-c2ccccc2)c1-c1ccccc1. The molecular weight excluding hydrogens is 560 g/mol. The predicted octanol–water partition coefficient (Wildman–Crippen LogP) is 9.69. The van der Waals surface area contributed by atoms with Crippen LogP contribution < -0.4 is 0 Å². The summed E-state index contributed by atoms with van der Waals surface area (Å²) in [4.78, 5) is 13.0. The lowest BCUT2D eigenvalue weighted by molar-refractivity contribution is -0.115. The van der Waals surface area contributed by atoms with E-state index in [-0.39, 0.29) is 11.7 Å². The molecular formula is C32H26Br2O. The molecule has 1 aliphatic carbocycles. The van der Waals surface area contributed by atoms with Gasteiger partial charge in [-0.2, -0.15) is 0 Å². The molecule has 3 heteroatoms. The van der Waals surface area contributed by atoms with Gasteiger partial charge in [0.2, 0.25) is 0 Å². The van der Waals surface area contributed by atoms with Gasteiger partial charge in [-0.25, -0.2) is 0 Å². The zero-order chi connectivity index (χ0) is 24.5. The maximum absolute atomic E-state index is 13.0. The number of carbonyl (C=O) groups excluding carboxylic acids is 1. The molecule has 0 aliphatic heterocycles. The number of ketones is 1. The van der Waals surface area contributed by atoms with Crippen LogP contribution in [0.15, 0.2) is 100.0 Å². The summed E-state index contributed by atoms with van der Waals surface area (Å²) < 4.78 is 2.13. The van der Waals surface area contributed by atoms with E-state index in [4.69, 9.17) is 0 Å². The van der Waals surface area contributed by atoms with Gasteiger partial charge >= 0.3 is 0 Å². The van der Waals surface area contributed by atoms with Crippen LogP contribution in [-0.2, 0) is 4.79 Å². The average Bonchev–Trinajstić information content (AvgIpc) is 2.87. The van der Waals surface area contributed by atoms with Crippen LogP contribution in [0.2, 0.25) is 0 Å². The van der Waals surface area contributed by atoms with Crippen molar-refractivity contribution in [3.63, 3.8) is 0 Å². The summed E-state index contributed by atoms with van der Waals surface area (Å²) in [5.74, 6) is 0.291. The number of benzene rings is 4. The molecule has 0 heterocycles. The second kappa shape index (κ2) is 10.1. The third-order valence-electron chi connectivity index (χ3n) is 6.97. The van der Waals surface area contributed by atoms with Gasteiger partial charge in [-0.1, -0.05) is 111 Å². The van der Waals surface area contributed by atoms with Gasteiger partial charge in [0.05, 0.1) is 0 Å². The second-order valence-electron chi connectivity index (χ2n) is 9.18. The predicted molar refractivity (Wildman–Crippen MR) is 154 cm³/mol. The smallest absolute Gasteiger partial charge is 0.156 e.